The number of nitrogens with zero attached hydrogens (tertiary/aromatic N) is 2. The molecule has 1 aliphatic rings. The monoisotopic (exact) mass is 262 g/mol. The van der Waals surface area contributed by atoms with Crippen LogP contribution in [-0.2, 0) is 0 Å². The predicted molar refractivity (Wildman–Crippen MR) is 78.2 cm³/mol. The molecule has 0 aliphatic carbocycles. The summed E-state index contributed by atoms with van der Waals surface area (Å²) in [7, 11) is 2.18. The standard InChI is InChI=1S/C13H18N4S/c1-17-6-4-10(5-7-17)15-13-16-11-3-2-9(14)8-12(11)18-13/h2-3,8,10H,4-7,14H2,1H3,(H,15,16). The Balaban J connectivity index is 1.74. The van der Waals surface area contributed by atoms with E-state index in [1.807, 2.05) is 18.2 Å². The van der Waals surface area contributed by atoms with Crippen molar-refractivity contribution in [3.05, 3.63) is 18.2 Å². The first-order valence-corrected chi connectivity index (χ1v) is 7.13. The molecule has 0 atom stereocenters. The Bertz CT molecular complexity index is 543. The van der Waals surface area contributed by atoms with Crippen LogP contribution < -0.4 is 11.1 Å². The number of benzene rings is 1. The Morgan fingerprint density at radius 1 is 1.39 bits per heavy atom. The molecule has 2 heterocycles. The minimum Gasteiger partial charge on any atom is -0.399 e. The van der Waals surface area contributed by atoms with Crippen molar-refractivity contribution in [2.24, 2.45) is 0 Å². The Morgan fingerprint density at radius 3 is 2.94 bits per heavy atom. The maximum absolute atomic E-state index is 5.79. The van der Waals surface area contributed by atoms with Crippen LogP contribution in [-0.4, -0.2) is 36.1 Å². The second-order valence-electron chi connectivity index (χ2n) is 4.97. The summed E-state index contributed by atoms with van der Waals surface area (Å²) >= 11 is 1.69. The maximum Gasteiger partial charge on any atom is 0.184 e. The maximum atomic E-state index is 5.79. The Morgan fingerprint density at radius 2 is 2.17 bits per heavy atom. The second kappa shape index (κ2) is 4.74. The minimum atomic E-state index is 0.555. The van der Waals surface area contributed by atoms with Gasteiger partial charge in [0.2, 0.25) is 0 Å². The molecule has 1 saturated heterocycles. The van der Waals surface area contributed by atoms with Crippen molar-refractivity contribution in [2.75, 3.05) is 31.2 Å². The molecule has 3 N–H and O–H groups in total. The van der Waals surface area contributed by atoms with Crippen molar-refractivity contribution in [2.45, 2.75) is 18.9 Å². The topological polar surface area (TPSA) is 54.2 Å². The zero-order valence-corrected chi connectivity index (χ0v) is 11.3. The van der Waals surface area contributed by atoms with Gasteiger partial charge in [-0.15, -0.1) is 0 Å². The lowest BCUT2D eigenvalue weighted by Crippen LogP contribution is -2.36. The van der Waals surface area contributed by atoms with Crippen LogP contribution in [0.25, 0.3) is 10.2 Å². The lowest BCUT2D eigenvalue weighted by molar-refractivity contribution is 0.264. The number of fused-ring (bicyclic) bond motifs is 1. The minimum absolute atomic E-state index is 0.555. The van der Waals surface area contributed by atoms with Crippen molar-refractivity contribution in [3.8, 4) is 0 Å². The SMILES string of the molecule is CN1CCC(Nc2nc3ccc(N)cc3s2)CC1. The van der Waals surface area contributed by atoms with Gasteiger partial charge in [-0.3, -0.25) is 0 Å². The summed E-state index contributed by atoms with van der Waals surface area (Å²) in [5, 5.41) is 4.57. The molecular weight excluding hydrogens is 244 g/mol. The zero-order valence-electron chi connectivity index (χ0n) is 10.5. The van der Waals surface area contributed by atoms with Crippen LogP contribution in [0.1, 0.15) is 12.8 Å². The van der Waals surface area contributed by atoms with Crippen molar-refractivity contribution in [1.29, 1.82) is 0 Å². The number of anilines is 2. The Labute approximate surface area is 111 Å². The van der Waals surface area contributed by atoms with E-state index >= 15 is 0 Å². The van der Waals surface area contributed by atoms with E-state index in [4.69, 9.17) is 5.73 Å². The third-order valence-corrected chi connectivity index (χ3v) is 4.41. The van der Waals surface area contributed by atoms with Crippen molar-refractivity contribution >= 4 is 32.4 Å². The summed E-state index contributed by atoms with van der Waals surface area (Å²) in [5.74, 6) is 0. The van der Waals surface area contributed by atoms with Crippen molar-refractivity contribution in [3.63, 3.8) is 0 Å². The third kappa shape index (κ3) is 2.42. The lowest BCUT2D eigenvalue weighted by atomic mass is 10.1. The fraction of sp³-hybridized carbons (Fsp3) is 0.462. The molecule has 1 fully saturated rings. The molecule has 0 amide bonds. The van der Waals surface area contributed by atoms with E-state index in [9.17, 15) is 0 Å². The largest absolute Gasteiger partial charge is 0.399 e. The molecule has 0 radical (unpaired) electrons. The first-order valence-electron chi connectivity index (χ1n) is 6.32. The summed E-state index contributed by atoms with van der Waals surface area (Å²) in [4.78, 5) is 6.98. The van der Waals surface area contributed by atoms with Gasteiger partial charge in [-0.1, -0.05) is 11.3 Å². The highest BCUT2D eigenvalue weighted by molar-refractivity contribution is 7.22. The zero-order chi connectivity index (χ0) is 12.5. The molecule has 18 heavy (non-hydrogen) atoms. The summed E-state index contributed by atoms with van der Waals surface area (Å²) in [5.41, 5.74) is 7.62. The molecule has 1 aliphatic heterocycles. The lowest BCUT2D eigenvalue weighted by Gasteiger charge is -2.29. The van der Waals surface area contributed by atoms with Crippen LogP contribution >= 0.6 is 11.3 Å². The van der Waals surface area contributed by atoms with Gasteiger partial charge in [0.15, 0.2) is 5.13 Å². The molecule has 0 bridgehead atoms. The number of hydrogen-bond acceptors (Lipinski definition) is 5. The van der Waals surface area contributed by atoms with Crippen LogP contribution in [0.4, 0.5) is 10.8 Å². The first kappa shape index (κ1) is 11.7. The highest BCUT2D eigenvalue weighted by atomic mass is 32.1. The molecule has 0 spiro atoms. The van der Waals surface area contributed by atoms with Gasteiger partial charge in [-0.05, 0) is 51.2 Å². The van der Waals surface area contributed by atoms with E-state index in [0.717, 1.165) is 34.1 Å². The second-order valence-corrected chi connectivity index (χ2v) is 6.00. The van der Waals surface area contributed by atoms with E-state index in [0.29, 0.717) is 6.04 Å². The van der Waals surface area contributed by atoms with E-state index in [1.165, 1.54) is 12.8 Å². The predicted octanol–water partition coefficient (Wildman–Crippen LogP) is 2.38. The molecular formula is C13H18N4S. The van der Waals surface area contributed by atoms with Crippen LogP contribution in [0.3, 0.4) is 0 Å². The summed E-state index contributed by atoms with van der Waals surface area (Å²) in [6.45, 7) is 2.32. The average molecular weight is 262 g/mol. The molecule has 5 heteroatoms. The van der Waals surface area contributed by atoms with Gasteiger partial charge in [0.05, 0.1) is 10.2 Å². The van der Waals surface area contributed by atoms with Gasteiger partial charge < -0.3 is 16.0 Å². The number of rotatable bonds is 2. The number of aromatic nitrogens is 1. The van der Waals surface area contributed by atoms with Crippen LogP contribution in [0.5, 0.6) is 0 Å². The van der Waals surface area contributed by atoms with Crippen LogP contribution in [0, 0.1) is 0 Å². The van der Waals surface area contributed by atoms with Gasteiger partial charge in [0.1, 0.15) is 0 Å². The number of piperidine rings is 1. The van der Waals surface area contributed by atoms with E-state index < -0.39 is 0 Å². The van der Waals surface area contributed by atoms with E-state index in [2.05, 4.69) is 22.2 Å². The summed E-state index contributed by atoms with van der Waals surface area (Å²) in [6.07, 6.45) is 2.38. The van der Waals surface area contributed by atoms with Gasteiger partial charge in [-0.25, -0.2) is 4.98 Å². The number of nitrogens with one attached hydrogen (secondary N) is 1. The van der Waals surface area contributed by atoms with Gasteiger partial charge in [0.25, 0.3) is 0 Å². The number of nitrogen functional groups attached to an aromatic ring is 1. The summed E-state index contributed by atoms with van der Waals surface area (Å²) < 4.78 is 1.16. The van der Waals surface area contributed by atoms with Crippen LogP contribution in [0.2, 0.25) is 0 Å². The van der Waals surface area contributed by atoms with Crippen molar-refractivity contribution in [1.82, 2.24) is 9.88 Å². The quantitative estimate of drug-likeness (QED) is 0.816. The molecule has 4 nitrogen and oxygen atoms in total. The fourth-order valence-corrected chi connectivity index (χ4v) is 3.32. The van der Waals surface area contributed by atoms with Crippen LogP contribution in [0.15, 0.2) is 18.2 Å². The first-order chi connectivity index (χ1) is 8.70. The normalized spacial score (nSPS) is 18.3. The van der Waals surface area contributed by atoms with E-state index in [-0.39, 0.29) is 0 Å². The molecule has 96 valence electrons. The Kier molecular flexibility index (Phi) is 3.09. The number of hydrogen-bond donors (Lipinski definition) is 2. The molecule has 1 aromatic carbocycles. The van der Waals surface area contributed by atoms with Crippen molar-refractivity contribution < 1.29 is 0 Å². The number of likely N-dealkylation sites (tertiary alicyclic amines) is 1. The van der Waals surface area contributed by atoms with Gasteiger partial charge in [0, 0.05) is 11.7 Å². The third-order valence-electron chi connectivity index (χ3n) is 3.46. The highest BCUT2D eigenvalue weighted by Gasteiger charge is 2.17. The van der Waals surface area contributed by atoms with E-state index in [1.54, 1.807) is 11.3 Å². The Hall–Kier alpha value is -1.33. The molecule has 2 aromatic rings. The molecule has 1 aromatic heterocycles. The van der Waals surface area contributed by atoms with Gasteiger partial charge in [-0.2, -0.15) is 0 Å². The smallest absolute Gasteiger partial charge is 0.184 e. The molecule has 0 saturated carbocycles. The highest BCUT2D eigenvalue weighted by Crippen LogP contribution is 2.28. The molecule has 0 unspecified atom stereocenters. The number of thiazole rings is 1. The fourth-order valence-electron chi connectivity index (χ4n) is 2.33. The van der Waals surface area contributed by atoms with Gasteiger partial charge >= 0.3 is 0 Å². The average Bonchev–Trinajstić information content (AvgIpc) is 2.73. The molecule has 3 rings (SSSR count). The summed E-state index contributed by atoms with van der Waals surface area (Å²) in [6, 6.07) is 6.44. The number of nitrogens with two attached hydrogens (primary N) is 1.